The Morgan fingerprint density at radius 1 is 1.25 bits per heavy atom. The number of hydrogen-bond acceptors (Lipinski definition) is 3. The Morgan fingerprint density at radius 3 is 2.75 bits per heavy atom. The molecule has 0 fully saturated rings. The van der Waals surface area contributed by atoms with Crippen LogP contribution in [0.2, 0.25) is 0 Å². The van der Waals surface area contributed by atoms with Gasteiger partial charge < -0.3 is 0 Å². The van der Waals surface area contributed by atoms with Crippen molar-refractivity contribution in [2.45, 2.75) is 0 Å². The highest BCUT2D eigenvalue weighted by atomic mass is 15.2. The second-order valence-electron chi connectivity index (χ2n) is 2.49. The summed E-state index contributed by atoms with van der Waals surface area (Å²) < 4.78 is 1.74. The Kier molecular flexibility index (Phi) is 1.59. The van der Waals surface area contributed by atoms with Gasteiger partial charge in [0.05, 0.1) is 18.1 Å². The van der Waals surface area contributed by atoms with Crippen LogP contribution < -0.4 is 0 Å². The number of hydrogen-bond donors (Lipinski definition) is 0. The number of nitrogens with zero attached hydrogens (tertiary/aromatic N) is 4. The van der Waals surface area contributed by atoms with Crippen LogP contribution in [0, 0.1) is 0 Å². The molecular formula is C8H8N4. The lowest BCUT2D eigenvalue weighted by Crippen LogP contribution is -1.84. The summed E-state index contributed by atoms with van der Waals surface area (Å²) in [4.78, 5) is 8.12. The van der Waals surface area contributed by atoms with Crippen LogP contribution in [0.1, 0.15) is 0 Å². The van der Waals surface area contributed by atoms with Crippen LogP contribution >= 0.6 is 0 Å². The van der Waals surface area contributed by atoms with Crippen molar-refractivity contribution in [3.63, 3.8) is 0 Å². The monoisotopic (exact) mass is 160 g/mol. The highest BCUT2D eigenvalue weighted by Gasteiger charge is 1.99. The largest absolute Gasteiger partial charge is 0.275 e. The summed E-state index contributed by atoms with van der Waals surface area (Å²) in [7, 11) is 1.87. The van der Waals surface area contributed by atoms with Gasteiger partial charge in [-0.15, -0.1) is 0 Å². The van der Waals surface area contributed by atoms with Crippen molar-refractivity contribution in [1.82, 2.24) is 19.7 Å². The molecule has 2 aromatic rings. The molecule has 2 aromatic heterocycles. The van der Waals surface area contributed by atoms with E-state index in [1.807, 2.05) is 13.2 Å². The average Bonchev–Trinajstić information content (AvgIpc) is 2.54. The minimum Gasteiger partial charge on any atom is -0.275 e. The summed E-state index contributed by atoms with van der Waals surface area (Å²) in [6.07, 6.45) is 8.72. The minimum atomic E-state index is 0.852. The molecule has 0 atom stereocenters. The van der Waals surface area contributed by atoms with Crippen molar-refractivity contribution < 1.29 is 0 Å². The lowest BCUT2D eigenvalue weighted by atomic mass is 10.3. The Hall–Kier alpha value is -1.71. The molecule has 60 valence electrons. The third-order valence-corrected chi connectivity index (χ3v) is 1.56. The molecule has 0 unspecified atom stereocenters. The molecule has 0 aromatic carbocycles. The van der Waals surface area contributed by atoms with E-state index in [9.17, 15) is 0 Å². The molecule has 0 aliphatic rings. The Morgan fingerprint density at radius 2 is 2.17 bits per heavy atom. The molecule has 0 saturated carbocycles. The minimum absolute atomic E-state index is 0.852. The first-order valence-corrected chi connectivity index (χ1v) is 3.61. The summed E-state index contributed by atoms with van der Waals surface area (Å²) in [6.45, 7) is 0. The van der Waals surface area contributed by atoms with E-state index >= 15 is 0 Å². The fraction of sp³-hybridized carbons (Fsp3) is 0.125. The zero-order chi connectivity index (χ0) is 8.39. The van der Waals surface area contributed by atoms with Gasteiger partial charge in [0.15, 0.2) is 0 Å². The molecule has 0 aliphatic heterocycles. The molecule has 12 heavy (non-hydrogen) atoms. The van der Waals surface area contributed by atoms with E-state index in [1.165, 1.54) is 0 Å². The van der Waals surface area contributed by atoms with Gasteiger partial charge in [-0.3, -0.25) is 14.6 Å². The average molecular weight is 160 g/mol. The Labute approximate surface area is 69.9 Å². The maximum Gasteiger partial charge on any atom is 0.0916 e. The first kappa shape index (κ1) is 6.97. The number of rotatable bonds is 1. The maximum absolute atomic E-state index is 4.15. The summed E-state index contributed by atoms with van der Waals surface area (Å²) >= 11 is 0. The van der Waals surface area contributed by atoms with Crippen LogP contribution in [-0.4, -0.2) is 19.7 Å². The predicted molar refractivity (Wildman–Crippen MR) is 44.2 cm³/mol. The fourth-order valence-corrected chi connectivity index (χ4v) is 1.00. The van der Waals surface area contributed by atoms with Crippen molar-refractivity contribution in [2.75, 3.05) is 0 Å². The topological polar surface area (TPSA) is 43.6 Å². The zero-order valence-electron chi connectivity index (χ0n) is 6.68. The molecule has 4 heteroatoms. The van der Waals surface area contributed by atoms with Gasteiger partial charge in [-0.25, -0.2) is 0 Å². The standard InChI is InChI=1S/C8H8N4/c1-12-6-7(4-11-12)8-5-9-2-3-10-8/h2-6H,1H3. The molecular weight excluding hydrogens is 152 g/mol. The van der Waals surface area contributed by atoms with Crippen molar-refractivity contribution >= 4 is 0 Å². The van der Waals surface area contributed by atoms with Crippen molar-refractivity contribution in [2.24, 2.45) is 7.05 Å². The van der Waals surface area contributed by atoms with Gasteiger partial charge in [0, 0.05) is 31.2 Å². The molecule has 0 spiro atoms. The molecule has 0 amide bonds. The zero-order valence-corrected chi connectivity index (χ0v) is 6.68. The Bertz CT molecular complexity index is 366. The van der Waals surface area contributed by atoms with Crippen molar-refractivity contribution in [3.05, 3.63) is 31.0 Å². The van der Waals surface area contributed by atoms with Crippen LogP contribution in [0.5, 0.6) is 0 Å². The van der Waals surface area contributed by atoms with Crippen LogP contribution in [-0.2, 0) is 7.05 Å². The van der Waals surface area contributed by atoms with E-state index in [2.05, 4.69) is 15.1 Å². The normalized spacial score (nSPS) is 10.1. The predicted octanol–water partition coefficient (Wildman–Crippen LogP) is 0.877. The van der Waals surface area contributed by atoms with Gasteiger partial charge in [0.25, 0.3) is 0 Å². The molecule has 0 bridgehead atoms. The summed E-state index contributed by atoms with van der Waals surface area (Å²) in [5.74, 6) is 0. The molecule has 0 radical (unpaired) electrons. The van der Waals surface area contributed by atoms with Gasteiger partial charge >= 0.3 is 0 Å². The maximum atomic E-state index is 4.15. The van der Waals surface area contributed by atoms with Crippen molar-refractivity contribution in [1.29, 1.82) is 0 Å². The van der Waals surface area contributed by atoms with E-state index in [4.69, 9.17) is 0 Å². The lowest BCUT2D eigenvalue weighted by molar-refractivity contribution is 0.768. The van der Waals surface area contributed by atoms with Crippen LogP contribution in [0.25, 0.3) is 11.3 Å². The molecule has 0 aliphatic carbocycles. The fourth-order valence-electron chi connectivity index (χ4n) is 1.00. The van der Waals surface area contributed by atoms with Crippen LogP contribution in [0.15, 0.2) is 31.0 Å². The third-order valence-electron chi connectivity index (χ3n) is 1.56. The van der Waals surface area contributed by atoms with E-state index in [1.54, 1.807) is 29.5 Å². The first-order chi connectivity index (χ1) is 5.86. The van der Waals surface area contributed by atoms with E-state index in [-0.39, 0.29) is 0 Å². The number of aryl methyl sites for hydroxylation is 1. The van der Waals surface area contributed by atoms with Gasteiger partial charge in [-0.2, -0.15) is 5.10 Å². The smallest absolute Gasteiger partial charge is 0.0916 e. The molecule has 4 nitrogen and oxygen atoms in total. The van der Waals surface area contributed by atoms with Gasteiger partial charge in [-0.1, -0.05) is 0 Å². The quantitative estimate of drug-likeness (QED) is 0.622. The van der Waals surface area contributed by atoms with Gasteiger partial charge in [-0.05, 0) is 0 Å². The highest BCUT2D eigenvalue weighted by Crippen LogP contribution is 2.12. The third kappa shape index (κ3) is 1.18. The van der Waals surface area contributed by atoms with Gasteiger partial charge in [0.2, 0.25) is 0 Å². The lowest BCUT2D eigenvalue weighted by Gasteiger charge is -1.91. The number of aromatic nitrogens is 4. The molecule has 0 N–H and O–H groups in total. The van der Waals surface area contributed by atoms with E-state index in [0.29, 0.717) is 0 Å². The highest BCUT2D eigenvalue weighted by molar-refractivity contribution is 5.54. The summed E-state index contributed by atoms with van der Waals surface area (Å²) in [6, 6.07) is 0. The molecule has 0 saturated heterocycles. The van der Waals surface area contributed by atoms with Gasteiger partial charge in [0.1, 0.15) is 0 Å². The summed E-state index contributed by atoms with van der Waals surface area (Å²) in [5.41, 5.74) is 1.84. The second kappa shape index (κ2) is 2.73. The van der Waals surface area contributed by atoms with E-state index in [0.717, 1.165) is 11.3 Å². The molecule has 2 heterocycles. The Balaban J connectivity index is 2.45. The van der Waals surface area contributed by atoms with Crippen LogP contribution in [0.4, 0.5) is 0 Å². The summed E-state index contributed by atoms with van der Waals surface area (Å²) in [5, 5.41) is 4.04. The molecule has 2 rings (SSSR count). The SMILES string of the molecule is Cn1cc(-c2cnccn2)cn1. The van der Waals surface area contributed by atoms with Crippen LogP contribution in [0.3, 0.4) is 0 Å². The second-order valence-corrected chi connectivity index (χ2v) is 2.49. The van der Waals surface area contributed by atoms with E-state index < -0.39 is 0 Å². The first-order valence-electron chi connectivity index (χ1n) is 3.61. The van der Waals surface area contributed by atoms with Crippen molar-refractivity contribution in [3.8, 4) is 11.3 Å².